The highest BCUT2D eigenvalue weighted by atomic mass is 32.2. The van der Waals surface area contributed by atoms with E-state index in [-0.39, 0.29) is 5.56 Å². The number of pyridine rings is 1. The first-order valence-corrected chi connectivity index (χ1v) is 12.9. The van der Waals surface area contributed by atoms with Gasteiger partial charge in [0.25, 0.3) is 5.56 Å². The van der Waals surface area contributed by atoms with Gasteiger partial charge in [-0.05, 0) is 61.9 Å². The van der Waals surface area contributed by atoms with Crippen LogP contribution in [0.4, 0.5) is 0 Å². The lowest BCUT2D eigenvalue weighted by molar-refractivity contribution is 0.303. The number of rotatable bonds is 6. The number of thioether (sulfide) groups is 1. The van der Waals surface area contributed by atoms with E-state index in [1.807, 2.05) is 25.3 Å². The summed E-state index contributed by atoms with van der Waals surface area (Å²) in [7, 11) is 1.71. The van der Waals surface area contributed by atoms with Crippen molar-refractivity contribution in [1.82, 2.24) is 24.1 Å². The van der Waals surface area contributed by atoms with Crippen molar-refractivity contribution in [1.29, 1.82) is 0 Å². The van der Waals surface area contributed by atoms with Gasteiger partial charge in [0.1, 0.15) is 11.4 Å². The van der Waals surface area contributed by atoms with E-state index in [0.717, 1.165) is 39.3 Å². The molecule has 1 fully saturated rings. The van der Waals surface area contributed by atoms with Gasteiger partial charge in [-0.3, -0.25) is 13.8 Å². The standard InChI is InChI=1S/C25H23N5O2S2/c1-14-4-7-22-26-18(11-23(31)29(22)12-14)13-33-25-28-27-24(21-6-5-15(2)34-21)30(25)19-9-16-8-17(16)10-20(19)32-3/h4-7,9-12,16-17H,8,13H2,1-3H3. The molecular formula is C25H23N5O2S2. The zero-order valence-corrected chi connectivity index (χ0v) is 20.7. The number of nitrogens with zero attached hydrogens (tertiary/aromatic N) is 5. The summed E-state index contributed by atoms with van der Waals surface area (Å²) in [6, 6.07) is 9.61. The molecule has 0 spiro atoms. The number of hydrogen-bond donors (Lipinski definition) is 0. The van der Waals surface area contributed by atoms with Crippen LogP contribution in [0.2, 0.25) is 0 Å². The Bertz CT molecular complexity index is 1540. The Morgan fingerprint density at radius 1 is 1.15 bits per heavy atom. The summed E-state index contributed by atoms with van der Waals surface area (Å²) in [5, 5.41) is 9.86. The lowest BCUT2D eigenvalue weighted by atomic mass is 10.1. The Morgan fingerprint density at radius 3 is 2.79 bits per heavy atom. The van der Waals surface area contributed by atoms with Crippen LogP contribution in [-0.2, 0) is 10.5 Å². The number of aryl methyl sites for hydroxylation is 2. The highest BCUT2D eigenvalue weighted by Gasteiger charge is 2.39. The van der Waals surface area contributed by atoms with Gasteiger partial charge in [0.05, 0.1) is 23.4 Å². The molecule has 0 N–H and O–H groups in total. The topological polar surface area (TPSA) is 74.3 Å². The quantitative estimate of drug-likeness (QED) is 0.357. The molecule has 4 heterocycles. The molecule has 2 atom stereocenters. The molecule has 7 nitrogen and oxygen atoms in total. The van der Waals surface area contributed by atoms with Crippen LogP contribution in [0, 0.1) is 25.7 Å². The van der Waals surface area contributed by atoms with Gasteiger partial charge in [-0.25, -0.2) is 4.98 Å². The number of allylic oxidation sites excluding steroid dienone is 3. The minimum Gasteiger partial charge on any atom is -0.495 e. The lowest BCUT2D eigenvalue weighted by Crippen LogP contribution is -2.15. The third-order valence-electron chi connectivity index (χ3n) is 6.15. The van der Waals surface area contributed by atoms with Gasteiger partial charge in [-0.15, -0.1) is 21.5 Å². The van der Waals surface area contributed by atoms with Crippen LogP contribution in [0.25, 0.3) is 22.0 Å². The zero-order chi connectivity index (χ0) is 23.4. The zero-order valence-electron chi connectivity index (χ0n) is 19.1. The molecule has 0 aliphatic heterocycles. The van der Waals surface area contributed by atoms with E-state index in [2.05, 4.69) is 51.0 Å². The average molecular weight is 490 g/mol. The van der Waals surface area contributed by atoms with Crippen LogP contribution >= 0.6 is 23.1 Å². The maximum Gasteiger partial charge on any atom is 0.258 e. The first-order chi connectivity index (χ1) is 16.5. The number of thiophene rings is 1. The first kappa shape index (κ1) is 21.4. The maximum absolute atomic E-state index is 12.6. The smallest absolute Gasteiger partial charge is 0.258 e. The molecular weight excluding hydrogens is 466 g/mol. The van der Waals surface area contributed by atoms with E-state index < -0.39 is 0 Å². The van der Waals surface area contributed by atoms with Crippen LogP contribution < -0.4 is 5.56 Å². The number of fused-ring (bicyclic) bond motifs is 2. The van der Waals surface area contributed by atoms with Crippen molar-refractivity contribution in [2.24, 2.45) is 11.8 Å². The van der Waals surface area contributed by atoms with Gasteiger partial charge in [0, 0.05) is 22.9 Å². The molecule has 4 aromatic heterocycles. The van der Waals surface area contributed by atoms with Crippen LogP contribution in [-0.4, -0.2) is 31.3 Å². The molecule has 6 rings (SSSR count). The fourth-order valence-corrected chi connectivity index (χ4v) is 5.99. The van der Waals surface area contributed by atoms with Crippen LogP contribution in [0.5, 0.6) is 0 Å². The van der Waals surface area contributed by atoms with E-state index >= 15 is 0 Å². The van der Waals surface area contributed by atoms with Crippen LogP contribution in [0.3, 0.4) is 0 Å². The van der Waals surface area contributed by atoms with Gasteiger partial charge in [-0.2, -0.15) is 0 Å². The Hall–Kier alpha value is -3.17. The van der Waals surface area contributed by atoms with E-state index in [1.54, 1.807) is 28.9 Å². The van der Waals surface area contributed by atoms with Crippen molar-refractivity contribution in [3.63, 3.8) is 0 Å². The monoisotopic (exact) mass is 489 g/mol. The minimum atomic E-state index is -0.0834. The highest BCUT2D eigenvalue weighted by molar-refractivity contribution is 7.98. The lowest BCUT2D eigenvalue weighted by Gasteiger charge is -2.18. The van der Waals surface area contributed by atoms with E-state index in [1.165, 1.54) is 16.6 Å². The fraction of sp³-hybridized carbons (Fsp3) is 0.280. The van der Waals surface area contributed by atoms with Gasteiger partial charge < -0.3 is 4.74 Å². The van der Waals surface area contributed by atoms with E-state index in [0.29, 0.717) is 28.9 Å². The number of ether oxygens (including phenoxy) is 1. The summed E-state index contributed by atoms with van der Waals surface area (Å²) in [5.74, 6) is 3.27. The van der Waals surface area contributed by atoms with Crippen molar-refractivity contribution >= 4 is 34.4 Å². The van der Waals surface area contributed by atoms with Gasteiger partial charge in [-0.1, -0.05) is 23.9 Å². The van der Waals surface area contributed by atoms with Crippen LogP contribution in [0.1, 0.15) is 22.6 Å². The summed E-state index contributed by atoms with van der Waals surface area (Å²) in [6.45, 7) is 4.05. The Balaban J connectivity index is 1.38. The second-order valence-electron chi connectivity index (χ2n) is 8.71. The summed E-state index contributed by atoms with van der Waals surface area (Å²) in [6.07, 6.45) is 7.46. The van der Waals surface area contributed by atoms with Crippen molar-refractivity contribution in [3.05, 3.63) is 80.9 Å². The molecule has 9 heteroatoms. The highest BCUT2D eigenvalue weighted by Crippen LogP contribution is 2.48. The Morgan fingerprint density at radius 2 is 2.00 bits per heavy atom. The third kappa shape index (κ3) is 3.78. The second kappa shape index (κ2) is 8.25. The summed E-state index contributed by atoms with van der Waals surface area (Å²) >= 11 is 3.22. The molecule has 0 aromatic carbocycles. The Kier molecular flexibility index (Phi) is 5.18. The third-order valence-corrected chi connectivity index (χ3v) is 8.10. The SMILES string of the molecule is COC1=CC2CC2C=C1n1c(SCc2cc(=O)n3cc(C)ccc3n2)nnc1-c1ccc(C)s1. The maximum atomic E-state index is 12.6. The van der Waals surface area contributed by atoms with E-state index in [4.69, 9.17) is 4.74 Å². The summed E-state index contributed by atoms with van der Waals surface area (Å²) in [4.78, 5) is 19.6. The fourth-order valence-electron chi connectivity index (χ4n) is 4.31. The molecule has 2 aliphatic carbocycles. The second-order valence-corrected chi connectivity index (χ2v) is 10.9. The van der Waals surface area contributed by atoms with Crippen molar-refractivity contribution in [3.8, 4) is 10.7 Å². The van der Waals surface area contributed by atoms with Gasteiger partial charge in [0.15, 0.2) is 11.0 Å². The summed E-state index contributed by atoms with van der Waals surface area (Å²) in [5.41, 5.74) is 3.27. The largest absolute Gasteiger partial charge is 0.495 e. The number of aromatic nitrogens is 5. The predicted molar refractivity (Wildman–Crippen MR) is 135 cm³/mol. The van der Waals surface area contributed by atoms with E-state index in [9.17, 15) is 4.79 Å². The predicted octanol–water partition coefficient (Wildman–Crippen LogP) is 4.94. The summed E-state index contributed by atoms with van der Waals surface area (Å²) < 4.78 is 9.44. The van der Waals surface area contributed by atoms with Crippen LogP contribution in [0.15, 0.2) is 64.4 Å². The van der Waals surface area contributed by atoms with Crippen molar-refractivity contribution in [2.45, 2.75) is 31.2 Å². The van der Waals surface area contributed by atoms with Gasteiger partial charge >= 0.3 is 0 Å². The molecule has 4 aromatic rings. The van der Waals surface area contributed by atoms with Crippen molar-refractivity contribution < 1.29 is 4.74 Å². The molecule has 0 radical (unpaired) electrons. The first-order valence-electron chi connectivity index (χ1n) is 11.1. The molecule has 172 valence electrons. The molecule has 2 aliphatic rings. The molecule has 1 saturated carbocycles. The normalized spacial score (nSPS) is 19.0. The van der Waals surface area contributed by atoms with Gasteiger partial charge in [0.2, 0.25) is 0 Å². The molecule has 2 unspecified atom stereocenters. The van der Waals surface area contributed by atoms with Crippen molar-refractivity contribution in [2.75, 3.05) is 7.11 Å². The molecule has 0 saturated heterocycles. The number of methoxy groups -OCH3 is 1. The molecule has 34 heavy (non-hydrogen) atoms. The minimum absolute atomic E-state index is 0.0834. The Labute approximate surface area is 204 Å². The number of hydrogen-bond acceptors (Lipinski definition) is 7. The average Bonchev–Trinajstić information content (AvgIpc) is 3.24. The molecule has 0 amide bonds. The molecule has 0 bridgehead atoms.